The summed E-state index contributed by atoms with van der Waals surface area (Å²) >= 11 is 5.89. The van der Waals surface area contributed by atoms with Crippen LogP contribution in [-0.4, -0.2) is 66.6 Å². The lowest BCUT2D eigenvalue weighted by molar-refractivity contribution is -0.122. The van der Waals surface area contributed by atoms with E-state index in [2.05, 4.69) is 5.32 Å². The zero-order valence-corrected chi connectivity index (χ0v) is 21.2. The number of carbonyl (C=O) groups is 1. The molecule has 0 radical (unpaired) electrons. The molecule has 0 aliphatic rings. The van der Waals surface area contributed by atoms with Crippen LogP contribution in [0.4, 0.5) is 5.69 Å². The Balaban J connectivity index is 2.00. The van der Waals surface area contributed by atoms with E-state index in [9.17, 15) is 21.6 Å². The molecule has 2 aromatic carbocycles. The van der Waals surface area contributed by atoms with Gasteiger partial charge in [0.05, 0.1) is 23.4 Å². The van der Waals surface area contributed by atoms with Gasteiger partial charge in [-0.25, -0.2) is 21.1 Å². The molecule has 0 spiro atoms. The minimum absolute atomic E-state index is 0.113. The van der Waals surface area contributed by atoms with E-state index in [1.807, 2.05) is 0 Å². The predicted molar refractivity (Wildman–Crippen MR) is 129 cm³/mol. The van der Waals surface area contributed by atoms with Gasteiger partial charge in [-0.15, -0.1) is 0 Å². The molecule has 33 heavy (non-hydrogen) atoms. The molecule has 0 fully saturated rings. The SMILES string of the molecule is CCC(C(=O)NCCOc1ccc(S(=O)(=O)N(C)C)cc1)N(c1ccc(Cl)cc1)S(C)(=O)=O. The first-order chi connectivity index (χ1) is 15.4. The van der Waals surface area contributed by atoms with E-state index < -0.39 is 32.0 Å². The van der Waals surface area contributed by atoms with Gasteiger partial charge in [-0.1, -0.05) is 18.5 Å². The third-order valence-electron chi connectivity index (χ3n) is 4.68. The molecule has 1 N–H and O–H groups in total. The van der Waals surface area contributed by atoms with E-state index in [4.69, 9.17) is 16.3 Å². The van der Waals surface area contributed by atoms with Crippen LogP contribution in [0.5, 0.6) is 5.75 Å². The summed E-state index contributed by atoms with van der Waals surface area (Å²) in [7, 11) is -4.37. The topological polar surface area (TPSA) is 113 Å². The second kappa shape index (κ2) is 11.2. The summed E-state index contributed by atoms with van der Waals surface area (Å²) in [6.45, 7) is 1.96. The number of carbonyl (C=O) groups excluding carboxylic acids is 1. The van der Waals surface area contributed by atoms with Gasteiger partial charge in [-0.2, -0.15) is 0 Å². The van der Waals surface area contributed by atoms with Crippen molar-refractivity contribution in [1.29, 1.82) is 0 Å². The third-order valence-corrected chi connectivity index (χ3v) is 7.94. The summed E-state index contributed by atoms with van der Waals surface area (Å²) < 4.78 is 56.8. The second-order valence-corrected chi connectivity index (χ2v) is 11.8. The van der Waals surface area contributed by atoms with Gasteiger partial charge in [0.25, 0.3) is 0 Å². The number of sulfonamides is 2. The van der Waals surface area contributed by atoms with Crippen LogP contribution in [0, 0.1) is 0 Å². The van der Waals surface area contributed by atoms with Gasteiger partial charge in [-0.05, 0) is 55.0 Å². The largest absolute Gasteiger partial charge is 0.492 e. The van der Waals surface area contributed by atoms with Crippen LogP contribution in [0.25, 0.3) is 0 Å². The molecule has 2 aromatic rings. The van der Waals surface area contributed by atoms with Crippen molar-refractivity contribution in [3.63, 3.8) is 0 Å². The van der Waals surface area contributed by atoms with Crippen molar-refractivity contribution >= 4 is 43.2 Å². The maximum absolute atomic E-state index is 12.8. The first-order valence-electron chi connectivity index (χ1n) is 10.1. The van der Waals surface area contributed by atoms with Crippen LogP contribution in [0.2, 0.25) is 5.02 Å². The average Bonchev–Trinajstić information content (AvgIpc) is 2.75. The molecule has 0 bridgehead atoms. The lowest BCUT2D eigenvalue weighted by atomic mass is 10.2. The van der Waals surface area contributed by atoms with Gasteiger partial charge >= 0.3 is 0 Å². The highest BCUT2D eigenvalue weighted by Gasteiger charge is 2.31. The number of hydrogen-bond acceptors (Lipinski definition) is 6. The fourth-order valence-electron chi connectivity index (χ4n) is 3.03. The van der Waals surface area contributed by atoms with Gasteiger partial charge in [0.2, 0.25) is 26.0 Å². The molecule has 9 nitrogen and oxygen atoms in total. The van der Waals surface area contributed by atoms with E-state index >= 15 is 0 Å². The highest BCUT2D eigenvalue weighted by atomic mass is 35.5. The molecule has 0 aliphatic carbocycles. The number of nitrogens with zero attached hydrogens (tertiary/aromatic N) is 2. The van der Waals surface area contributed by atoms with Crippen molar-refractivity contribution in [2.45, 2.75) is 24.3 Å². The molecule has 1 atom stereocenters. The molecule has 1 unspecified atom stereocenters. The number of amides is 1. The first kappa shape index (κ1) is 26.9. The van der Waals surface area contributed by atoms with Crippen LogP contribution in [0.15, 0.2) is 53.4 Å². The van der Waals surface area contributed by atoms with Crippen LogP contribution in [-0.2, 0) is 24.8 Å². The van der Waals surface area contributed by atoms with Gasteiger partial charge in [-0.3, -0.25) is 9.10 Å². The summed E-state index contributed by atoms with van der Waals surface area (Å²) in [6, 6.07) is 11.2. The minimum atomic E-state index is -3.74. The standard InChI is InChI=1S/C21H28ClN3O6S2/c1-5-20(25(32(4,27)28)17-8-6-16(22)7-9-17)21(26)23-14-15-31-18-10-12-19(13-11-18)33(29,30)24(2)3/h6-13,20H,5,14-15H2,1-4H3,(H,23,26). The maximum Gasteiger partial charge on any atom is 0.244 e. The lowest BCUT2D eigenvalue weighted by Gasteiger charge is -2.30. The zero-order chi connectivity index (χ0) is 24.8. The van der Waals surface area contributed by atoms with Gasteiger partial charge in [0, 0.05) is 19.1 Å². The summed E-state index contributed by atoms with van der Waals surface area (Å²) in [6.07, 6.45) is 1.30. The van der Waals surface area contributed by atoms with E-state index in [0.717, 1.165) is 14.9 Å². The molecule has 0 saturated carbocycles. The van der Waals surface area contributed by atoms with Crippen molar-refractivity contribution in [2.24, 2.45) is 0 Å². The molecule has 0 heterocycles. The van der Waals surface area contributed by atoms with Crippen molar-refractivity contribution in [3.8, 4) is 5.75 Å². The van der Waals surface area contributed by atoms with Crippen molar-refractivity contribution in [3.05, 3.63) is 53.6 Å². The zero-order valence-electron chi connectivity index (χ0n) is 18.9. The monoisotopic (exact) mass is 517 g/mol. The van der Waals surface area contributed by atoms with Gasteiger partial charge in [0.15, 0.2) is 0 Å². The van der Waals surface area contributed by atoms with Crippen LogP contribution in [0.1, 0.15) is 13.3 Å². The van der Waals surface area contributed by atoms with E-state index in [1.165, 1.54) is 38.4 Å². The number of anilines is 1. The Morgan fingerprint density at radius 3 is 2.09 bits per heavy atom. The number of halogens is 1. The molecule has 0 aromatic heterocycles. The Morgan fingerprint density at radius 2 is 1.61 bits per heavy atom. The van der Waals surface area contributed by atoms with Crippen molar-refractivity contribution in [2.75, 3.05) is 37.8 Å². The summed E-state index contributed by atoms with van der Waals surface area (Å²) in [4.78, 5) is 12.9. The number of benzene rings is 2. The fraction of sp³-hybridized carbons (Fsp3) is 0.381. The number of rotatable bonds is 11. The quantitative estimate of drug-likeness (QED) is 0.458. The fourth-order valence-corrected chi connectivity index (χ4v) is 5.27. The van der Waals surface area contributed by atoms with E-state index in [0.29, 0.717) is 16.5 Å². The Bertz CT molecular complexity index is 1150. The number of ether oxygens (including phenoxy) is 1. The molecule has 0 aliphatic heterocycles. The molecule has 2 rings (SSSR count). The molecular formula is C21H28ClN3O6S2. The van der Waals surface area contributed by atoms with Crippen LogP contribution >= 0.6 is 11.6 Å². The average molecular weight is 518 g/mol. The Morgan fingerprint density at radius 1 is 1.03 bits per heavy atom. The van der Waals surface area contributed by atoms with E-state index in [-0.39, 0.29) is 24.5 Å². The number of hydrogen-bond donors (Lipinski definition) is 1. The first-order valence-corrected chi connectivity index (χ1v) is 13.7. The summed E-state index contributed by atoms with van der Waals surface area (Å²) in [5, 5.41) is 3.14. The van der Waals surface area contributed by atoms with E-state index in [1.54, 1.807) is 31.2 Å². The minimum Gasteiger partial charge on any atom is -0.492 e. The summed E-state index contributed by atoms with van der Waals surface area (Å²) in [5.74, 6) is -0.0261. The van der Waals surface area contributed by atoms with Crippen LogP contribution < -0.4 is 14.4 Å². The molecule has 182 valence electrons. The molecular weight excluding hydrogens is 490 g/mol. The van der Waals surface area contributed by atoms with Gasteiger partial charge in [0.1, 0.15) is 18.4 Å². The Hall–Kier alpha value is -2.34. The predicted octanol–water partition coefficient (Wildman–Crippen LogP) is 2.33. The van der Waals surface area contributed by atoms with Gasteiger partial charge < -0.3 is 10.1 Å². The Labute approximate surface area is 200 Å². The van der Waals surface area contributed by atoms with Crippen molar-refractivity contribution in [1.82, 2.24) is 9.62 Å². The number of nitrogens with one attached hydrogen (secondary N) is 1. The highest BCUT2D eigenvalue weighted by Crippen LogP contribution is 2.24. The highest BCUT2D eigenvalue weighted by molar-refractivity contribution is 7.92. The van der Waals surface area contributed by atoms with Crippen molar-refractivity contribution < 1.29 is 26.4 Å². The third kappa shape index (κ3) is 7.07. The molecule has 1 amide bonds. The summed E-state index contributed by atoms with van der Waals surface area (Å²) in [5.41, 5.74) is 0.341. The normalized spacial score (nSPS) is 12.9. The van der Waals surface area contributed by atoms with Crippen LogP contribution in [0.3, 0.4) is 0 Å². The lowest BCUT2D eigenvalue weighted by Crippen LogP contribution is -2.50. The maximum atomic E-state index is 12.8. The Kier molecular flexibility index (Phi) is 9.12. The second-order valence-electron chi connectivity index (χ2n) is 7.36. The smallest absolute Gasteiger partial charge is 0.244 e. The molecule has 12 heteroatoms. The molecule has 0 saturated heterocycles.